The van der Waals surface area contributed by atoms with E-state index in [-0.39, 0.29) is 10.7 Å². The summed E-state index contributed by atoms with van der Waals surface area (Å²) in [6.45, 7) is 3.53. The molecule has 26 heavy (non-hydrogen) atoms. The summed E-state index contributed by atoms with van der Waals surface area (Å²) in [6.07, 6.45) is 0. The molecule has 7 heteroatoms. The Morgan fingerprint density at radius 3 is 2.42 bits per heavy atom. The molecule has 0 atom stereocenters. The zero-order chi connectivity index (χ0) is 19.1. The Bertz CT molecular complexity index is 1100. The van der Waals surface area contributed by atoms with Crippen LogP contribution in [0.5, 0.6) is 0 Å². The Morgan fingerprint density at radius 1 is 1.08 bits per heavy atom. The molecular formula is C19H20N2O4S. The van der Waals surface area contributed by atoms with Crippen molar-refractivity contribution in [2.75, 3.05) is 19.4 Å². The second-order valence-corrected chi connectivity index (χ2v) is 8.39. The molecule has 0 bridgehead atoms. The highest BCUT2D eigenvalue weighted by atomic mass is 32.2. The molecule has 0 aliphatic carbocycles. The monoisotopic (exact) mass is 372 g/mol. The highest BCUT2D eigenvalue weighted by Gasteiger charge is 2.22. The normalized spacial score (nSPS) is 11.9. The summed E-state index contributed by atoms with van der Waals surface area (Å²) in [7, 11) is -0.661. The third kappa shape index (κ3) is 3.11. The number of fused-ring (bicyclic) bond motifs is 1. The molecule has 2 aromatic carbocycles. The van der Waals surface area contributed by atoms with Gasteiger partial charge in [0.2, 0.25) is 10.0 Å². The second kappa shape index (κ2) is 6.59. The lowest BCUT2D eigenvalue weighted by Crippen LogP contribution is -2.23. The van der Waals surface area contributed by atoms with Crippen LogP contribution >= 0.6 is 0 Å². The van der Waals surface area contributed by atoms with E-state index in [0.29, 0.717) is 16.8 Å². The Balaban J connectivity index is 1.96. The van der Waals surface area contributed by atoms with Crippen LogP contribution < -0.4 is 5.32 Å². The van der Waals surface area contributed by atoms with Gasteiger partial charge in [0.25, 0.3) is 5.91 Å². The first-order valence-electron chi connectivity index (χ1n) is 8.04. The molecule has 0 unspecified atom stereocenters. The standard InChI is InChI=1S/C19H20N2O4S/c1-12-9-10-14(11-17(12)26(23,24)21(3)4)20-19(22)18-13(2)15-7-5-6-8-16(15)25-18/h5-11H,1-4H3,(H,20,22). The topological polar surface area (TPSA) is 79.6 Å². The van der Waals surface area contributed by atoms with Gasteiger partial charge in [-0.2, -0.15) is 0 Å². The van der Waals surface area contributed by atoms with Gasteiger partial charge in [0.1, 0.15) is 5.58 Å². The fraction of sp³-hybridized carbons (Fsp3) is 0.211. The predicted octanol–water partition coefficient (Wildman–Crippen LogP) is 3.55. The Morgan fingerprint density at radius 2 is 1.77 bits per heavy atom. The number of benzene rings is 2. The number of hydrogen-bond donors (Lipinski definition) is 1. The van der Waals surface area contributed by atoms with Crippen LogP contribution in [0.1, 0.15) is 21.7 Å². The predicted molar refractivity (Wildman–Crippen MR) is 101 cm³/mol. The molecule has 0 aliphatic heterocycles. The molecule has 1 amide bonds. The van der Waals surface area contributed by atoms with Gasteiger partial charge in [0, 0.05) is 30.7 Å². The van der Waals surface area contributed by atoms with E-state index in [9.17, 15) is 13.2 Å². The number of aryl methyl sites for hydroxylation is 2. The van der Waals surface area contributed by atoms with Crippen molar-refractivity contribution in [1.82, 2.24) is 4.31 Å². The number of hydrogen-bond acceptors (Lipinski definition) is 4. The Labute approximate surface area is 152 Å². The zero-order valence-electron chi connectivity index (χ0n) is 15.0. The van der Waals surface area contributed by atoms with Crippen LogP contribution in [-0.2, 0) is 10.0 Å². The lowest BCUT2D eigenvalue weighted by molar-refractivity contribution is 0.0998. The van der Waals surface area contributed by atoms with Gasteiger partial charge in [0.15, 0.2) is 5.76 Å². The first kappa shape index (κ1) is 18.2. The fourth-order valence-electron chi connectivity index (χ4n) is 2.73. The Hall–Kier alpha value is -2.64. The highest BCUT2D eigenvalue weighted by Crippen LogP contribution is 2.27. The van der Waals surface area contributed by atoms with Crippen molar-refractivity contribution in [3.05, 3.63) is 59.4 Å². The van der Waals surface area contributed by atoms with Gasteiger partial charge in [0.05, 0.1) is 4.90 Å². The molecule has 0 radical (unpaired) electrons. The van der Waals surface area contributed by atoms with E-state index >= 15 is 0 Å². The number of anilines is 1. The molecule has 0 fully saturated rings. The molecule has 1 N–H and O–H groups in total. The minimum atomic E-state index is -3.60. The first-order chi connectivity index (χ1) is 12.2. The zero-order valence-corrected chi connectivity index (χ0v) is 15.8. The lowest BCUT2D eigenvalue weighted by Gasteiger charge is -2.15. The minimum absolute atomic E-state index is 0.154. The SMILES string of the molecule is Cc1ccc(NC(=O)c2oc3ccccc3c2C)cc1S(=O)(=O)N(C)C. The lowest BCUT2D eigenvalue weighted by atomic mass is 10.1. The van der Waals surface area contributed by atoms with E-state index in [1.165, 1.54) is 20.2 Å². The average molecular weight is 372 g/mol. The third-order valence-electron chi connectivity index (χ3n) is 4.25. The molecule has 1 heterocycles. The van der Waals surface area contributed by atoms with E-state index in [4.69, 9.17) is 4.42 Å². The average Bonchev–Trinajstić information content (AvgIpc) is 2.93. The first-order valence-corrected chi connectivity index (χ1v) is 9.48. The highest BCUT2D eigenvalue weighted by molar-refractivity contribution is 7.89. The van der Waals surface area contributed by atoms with E-state index in [1.54, 1.807) is 25.1 Å². The summed E-state index contributed by atoms with van der Waals surface area (Å²) in [5, 5.41) is 3.60. The summed E-state index contributed by atoms with van der Waals surface area (Å²) in [5.41, 5.74) is 2.37. The van der Waals surface area contributed by atoms with Crippen molar-refractivity contribution in [3.63, 3.8) is 0 Å². The maximum atomic E-state index is 12.6. The van der Waals surface area contributed by atoms with Crippen LogP contribution in [0, 0.1) is 13.8 Å². The van der Waals surface area contributed by atoms with Gasteiger partial charge in [-0.3, -0.25) is 4.79 Å². The fourth-order valence-corrected chi connectivity index (χ4v) is 3.88. The van der Waals surface area contributed by atoms with Crippen molar-refractivity contribution in [1.29, 1.82) is 0 Å². The third-order valence-corrected chi connectivity index (χ3v) is 6.21. The van der Waals surface area contributed by atoms with E-state index < -0.39 is 15.9 Å². The van der Waals surface area contributed by atoms with Crippen LogP contribution in [0.15, 0.2) is 51.8 Å². The van der Waals surface area contributed by atoms with Gasteiger partial charge in [-0.25, -0.2) is 12.7 Å². The number of amides is 1. The van der Waals surface area contributed by atoms with E-state index in [0.717, 1.165) is 15.3 Å². The minimum Gasteiger partial charge on any atom is -0.451 e. The van der Waals surface area contributed by atoms with Crippen molar-refractivity contribution in [3.8, 4) is 0 Å². The molecule has 3 aromatic rings. The smallest absolute Gasteiger partial charge is 0.291 e. The number of nitrogens with one attached hydrogen (secondary N) is 1. The van der Waals surface area contributed by atoms with Crippen LogP contribution in [-0.4, -0.2) is 32.7 Å². The number of furan rings is 1. The van der Waals surface area contributed by atoms with Crippen molar-refractivity contribution < 1.29 is 17.6 Å². The van der Waals surface area contributed by atoms with Gasteiger partial charge < -0.3 is 9.73 Å². The number of rotatable bonds is 4. The van der Waals surface area contributed by atoms with Gasteiger partial charge in [-0.15, -0.1) is 0 Å². The van der Waals surface area contributed by atoms with Crippen LogP contribution in [0.2, 0.25) is 0 Å². The van der Waals surface area contributed by atoms with Crippen molar-refractivity contribution in [2.24, 2.45) is 0 Å². The number of para-hydroxylation sites is 1. The molecular weight excluding hydrogens is 352 g/mol. The van der Waals surface area contributed by atoms with Crippen LogP contribution in [0.4, 0.5) is 5.69 Å². The summed E-state index contributed by atoms with van der Waals surface area (Å²) >= 11 is 0. The summed E-state index contributed by atoms with van der Waals surface area (Å²) < 4.78 is 31.7. The molecule has 0 spiro atoms. The van der Waals surface area contributed by atoms with E-state index in [2.05, 4.69) is 5.32 Å². The van der Waals surface area contributed by atoms with Crippen LogP contribution in [0.3, 0.4) is 0 Å². The maximum Gasteiger partial charge on any atom is 0.291 e. The Kier molecular flexibility index (Phi) is 4.60. The van der Waals surface area contributed by atoms with E-state index in [1.807, 2.05) is 25.1 Å². The molecule has 6 nitrogen and oxygen atoms in total. The van der Waals surface area contributed by atoms with Crippen molar-refractivity contribution >= 4 is 32.6 Å². The number of carbonyl (C=O) groups excluding carboxylic acids is 1. The van der Waals surface area contributed by atoms with Gasteiger partial charge in [-0.05, 0) is 37.6 Å². The molecule has 0 aliphatic rings. The van der Waals surface area contributed by atoms with Gasteiger partial charge in [-0.1, -0.05) is 24.3 Å². The number of sulfonamides is 1. The quantitative estimate of drug-likeness (QED) is 0.759. The maximum absolute atomic E-state index is 12.6. The second-order valence-electron chi connectivity index (χ2n) is 6.27. The summed E-state index contributed by atoms with van der Waals surface area (Å²) in [4.78, 5) is 12.8. The molecule has 136 valence electrons. The largest absolute Gasteiger partial charge is 0.451 e. The molecule has 0 saturated heterocycles. The van der Waals surface area contributed by atoms with Crippen molar-refractivity contribution in [2.45, 2.75) is 18.7 Å². The molecule has 0 saturated carbocycles. The summed E-state index contributed by atoms with van der Waals surface area (Å²) in [5.74, 6) is -0.209. The summed E-state index contributed by atoms with van der Waals surface area (Å²) in [6, 6.07) is 12.2. The molecule has 3 rings (SSSR count). The molecule has 1 aromatic heterocycles. The number of carbonyl (C=O) groups is 1. The number of nitrogens with zero attached hydrogens (tertiary/aromatic N) is 1. The van der Waals surface area contributed by atoms with Gasteiger partial charge >= 0.3 is 0 Å². The van der Waals surface area contributed by atoms with Crippen LogP contribution in [0.25, 0.3) is 11.0 Å².